The SMILES string of the molecule is CCOC(=O)c1c(NC(=O)C(C)(C)C)sc(C(=O)Nc2ccc(Cl)cc2)c1C. The highest BCUT2D eigenvalue weighted by atomic mass is 35.5. The third-order valence-electron chi connectivity index (χ3n) is 3.84. The molecule has 1 aromatic carbocycles. The lowest BCUT2D eigenvalue weighted by atomic mass is 9.96. The first-order valence-electron chi connectivity index (χ1n) is 8.73. The van der Waals surface area contributed by atoms with E-state index in [0.717, 1.165) is 11.3 Å². The van der Waals surface area contributed by atoms with E-state index in [0.29, 0.717) is 26.2 Å². The molecule has 2 amide bonds. The number of rotatable bonds is 5. The van der Waals surface area contributed by atoms with Crippen LogP contribution in [-0.4, -0.2) is 24.4 Å². The molecule has 8 heteroatoms. The van der Waals surface area contributed by atoms with Crippen molar-refractivity contribution in [3.63, 3.8) is 0 Å². The second-order valence-electron chi connectivity index (χ2n) is 7.15. The minimum absolute atomic E-state index is 0.188. The van der Waals surface area contributed by atoms with Crippen molar-refractivity contribution in [2.24, 2.45) is 5.41 Å². The van der Waals surface area contributed by atoms with Crippen LogP contribution >= 0.6 is 22.9 Å². The molecular weight excluding hydrogens is 400 g/mol. The number of benzene rings is 1. The molecule has 0 aliphatic carbocycles. The maximum atomic E-state index is 12.8. The van der Waals surface area contributed by atoms with E-state index < -0.39 is 11.4 Å². The number of hydrogen-bond donors (Lipinski definition) is 2. The van der Waals surface area contributed by atoms with Crippen molar-refractivity contribution in [1.29, 1.82) is 0 Å². The molecule has 2 N–H and O–H groups in total. The van der Waals surface area contributed by atoms with E-state index in [1.54, 1.807) is 58.9 Å². The summed E-state index contributed by atoms with van der Waals surface area (Å²) in [6.45, 7) is 8.84. The Morgan fingerprint density at radius 3 is 2.25 bits per heavy atom. The normalized spacial score (nSPS) is 11.1. The van der Waals surface area contributed by atoms with Gasteiger partial charge in [0, 0.05) is 16.1 Å². The fourth-order valence-electron chi connectivity index (χ4n) is 2.28. The van der Waals surface area contributed by atoms with Crippen LogP contribution in [0.5, 0.6) is 0 Å². The van der Waals surface area contributed by atoms with Gasteiger partial charge in [0.25, 0.3) is 5.91 Å². The number of carbonyl (C=O) groups excluding carboxylic acids is 3. The molecule has 0 fully saturated rings. The van der Waals surface area contributed by atoms with E-state index in [4.69, 9.17) is 16.3 Å². The van der Waals surface area contributed by atoms with Crippen LogP contribution in [0.1, 0.15) is 53.3 Å². The van der Waals surface area contributed by atoms with Gasteiger partial charge in [0.2, 0.25) is 5.91 Å². The summed E-state index contributed by atoms with van der Waals surface area (Å²) in [6.07, 6.45) is 0. The van der Waals surface area contributed by atoms with Gasteiger partial charge in [-0.3, -0.25) is 9.59 Å². The van der Waals surface area contributed by atoms with Crippen molar-refractivity contribution in [3.05, 3.63) is 45.3 Å². The predicted molar refractivity (Wildman–Crippen MR) is 113 cm³/mol. The van der Waals surface area contributed by atoms with Crippen molar-refractivity contribution < 1.29 is 19.1 Å². The number of carbonyl (C=O) groups is 3. The Morgan fingerprint density at radius 1 is 1.11 bits per heavy atom. The van der Waals surface area contributed by atoms with Gasteiger partial charge >= 0.3 is 5.97 Å². The van der Waals surface area contributed by atoms with Gasteiger partial charge in [-0.1, -0.05) is 32.4 Å². The topological polar surface area (TPSA) is 84.5 Å². The van der Waals surface area contributed by atoms with Gasteiger partial charge in [0.05, 0.1) is 17.0 Å². The first-order chi connectivity index (χ1) is 13.0. The molecule has 2 rings (SSSR count). The van der Waals surface area contributed by atoms with E-state index in [-0.39, 0.29) is 24.0 Å². The number of halogens is 1. The fraction of sp³-hybridized carbons (Fsp3) is 0.350. The van der Waals surface area contributed by atoms with Gasteiger partial charge in [0.15, 0.2) is 0 Å². The standard InChI is InChI=1S/C20H23ClN2O4S/c1-6-27-18(25)14-11(2)15(28-17(14)23-19(26)20(3,4)5)16(24)22-13-9-7-12(21)8-10-13/h7-10H,6H2,1-5H3,(H,22,24)(H,23,26). The third kappa shape index (κ3) is 5.11. The van der Waals surface area contributed by atoms with Gasteiger partial charge in [-0.2, -0.15) is 0 Å². The predicted octanol–water partition coefficient (Wildman–Crippen LogP) is 5.12. The lowest BCUT2D eigenvalue weighted by Gasteiger charge is -2.17. The minimum atomic E-state index is -0.657. The molecule has 0 saturated carbocycles. The van der Waals surface area contributed by atoms with E-state index in [2.05, 4.69) is 10.6 Å². The Hall–Kier alpha value is -2.38. The molecule has 0 unspecified atom stereocenters. The zero-order valence-electron chi connectivity index (χ0n) is 16.4. The molecule has 2 aromatic rings. The van der Waals surface area contributed by atoms with Gasteiger partial charge in [0.1, 0.15) is 5.00 Å². The van der Waals surface area contributed by atoms with E-state index in [9.17, 15) is 14.4 Å². The smallest absolute Gasteiger partial charge is 0.341 e. The zero-order chi connectivity index (χ0) is 21.1. The molecule has 150 valence electrons. The van der Waals surface area contributed by atoms with E-state index in [1.165, 1.54) is 0 Å². The summed E-state index contributed by atoms with van der Waals surface area (Å²) in [7, 11) is 0. The summed E-state index contributed by atoms with van der Waals surface area (Å²) in [5.74, 6) is -1.22. The van der Waals surface area contributed by atoms with Gasteiger partial charge in [-0.05, 0) is 43.7 Å². The summed E-state index contributed by atoms with van der Waals surface area (Å²) in [4.78, 5) is 37.9. The highest BCUT2D eigenvalue weighted by Gasteiger charge is 2.29. The van der Waals surface area contributed by atoms with Gasteiger partial charge in [-0.15, -0.1) is 11.3 Å². The van der Waals surface area contributed by atoms with Crippen LogP contribution in [0.15, 0.2) is 24.3 Å². The maximum Gasteiger partial charge on any atom is 0.341 e. The molecule has 0 aliphatic rings. The third-order valence-corrected chi connectivity index (χ3v) is 5.30. The first-order valence-corrected chi connectivity index (χ1v) is 9.93. The minimum Gasteiger partial charge on any atom is -0.462 e. The van der Waals surface area contributed by atoms with Gasteiger partial charge in [-0.25, -0.2) is 4.79 Å². The summed E-state index contributed by atoms with van der Waals surface area (Å²) < 4.78 is 5.11. The molecular formula is C20H23ClN2O4S. The summed E-state index contributed by atoms with van der Waals surface area (Å²) in [5, 5.41) is 6.39. The molecule has 0 aliphatic heterocycles. The number of esters is 1. The lowest BCUT2D eigenvalue weighted by molar-refractivity contribution is -0.123. The highest BCUT2D eigenvalue weighted by molar-refractivity contribution is 7.19. The average Bonchev–Trinajstić information content (AvgIpc) is 2.92. The van der Waals surface area contributed by atoms with Gasteiger partial charge < -0.3 is 15.4 Å². The van der Waals surface area contributed by atoms with Crippen LogP contribution in [0.2, 0.25) is 5.02 Å². The summed E-state index contributed by atoms with van der Waals surface area (Å²) in [5.41, 5.74) is 0.570. The quantitative estimate of drug-likeness (QED) is 0.654. The lowest BCUT2D eigenvalue weighted by Crippen LogP contribution is -2.28. The summed E-state index contributed by atoms with van der Waals surface area (Å²) in [6, 6.07) is 6.68. The molecule has 6 nitrogen and oxygen atoms in total. The first kappa shape index (κ1) is 21.9. The number of thiophene rings is 1. The molecule has 0 atom stereocenters. The summed E-state index contributed by atoms with van der Waals surface area (Å²) >= 11 is 6.91. The number of hydrogen-bond acceptors (Lipinski definition) is 5. The Balaban J connectivity index is 2.40. The Bertz CT molecular complexity index is 898. The second-order valence-corrected chi connectivity index (χ2v) is 8.60. The number of ether oxygens (including phenoxy) is 1. The van der Waals surface area contributed by atoms with E-state index >= 15 is 0 Å². The zero-order valence-corrected chi connectivity index (χ0v) is 18.0. The monoisotopic (exact) mass is 422 g/mol. The van der Waals surface area contributed by atoms with Crippen LogP contribution in [0.4, 0.5) is 10.7 Å². The molecule has 0 radical (unpaired) electrons. The Morgan fingerprint density at radius 2 is 1.71 bits per heavy atom. The number of anilines is 2. The number of nitrogens with one attached hydrogen (secondary N) is 2. The van der Waals surface area contributed by atoms with Crippen molar-refractivity contribution in [2.45, 2.75) is 34.6 Å². The highest BCUT2D eigenvalue weighted by Crippen LogP contribution is 2.35. The molecule has 0 bridgehead atoms. The largest absolute Gasteiger partial charge is 0.462 e. The molecule has 1 aromatic heterocycles. The van der Waals surface area contributed by atoms with Crippen molar-refractivity contribution >= 4 is 51.4 Å². The van der Waals surface area contributed by atoms with Crippen LogP contribution < -0.4 is 10.6 Å². The number of amides is 2. The Kier molecular flexibility index (Phi) is 6.85. The second kappa shape index (κ2) is 8.75. The van der Waals surface area contributed by atoms with Crippen molar-refractivity contribution in [3.8, 4) is 0 Å². The van der Waals surface area contributed by atoms with Crippen molar-refractivity contribution in [1.82, 2.24) is 0 Å². The molecule has 0 saturated heterocycles. The van der Waals surface area contributed by atoms with Crippen LogP contribution in [0, 0.1) is 12.3 Å². The van der Waals surface area contributed by atoms with Crippen LogP contribution in [0.25, 0.3) is 0 Å². The average molecular weight is 423 g/mol. The van der Waals surface area contributed by atoms with E-state index in [1.807, 2.05) is 0 Å². The van der Waals surface area contributed by atoms with Crippen LogP contribution in [0.3, 0.4) is 0 Å². The van der Waals surface area contributed by atoms with Crippen LogP contribution in [-0.2, 0) is 9.53 Å². The molecule has 28 heavy (non-hydrogen) atoms. The molecule has 0 spiro atoms. The maximum absolute atomic E-state index is 12.8. The Labute approximate surface area is 173 Å². The molecule has 1 heterocycles. The van der Waals surface area contributed by atoms with Crippen molar-refractivity contribution in [2.75, 3.05) is 17.2 Å². The fourth-order valence-corrected chi connectivity index (χ4v) is 3.49.